The number of hydrogen-bond donors (Lipinski definition) is 2. The van der Waals surface area contributed by atoms with E-state index in [0.29, 0.717) is 17.9 Å². The van der Waals surface area contributed by atoms with Crippen LogP contribution in [0.4, 0.5) is 0 Å². The van der Waals surface area contributed by atoms with Gasteiger partial charge in [0, 0.05) is 0 Å². The zero-order valence-corrected chi connectivity index (χ0v) is 14.0. The lowest BCUT2D eigenvalue weighted by molar-refractivity contribution is -0.142. The second-order valence-electron chi connectivity index (χ2n) is 5.22. The van der Waals surface area contributed by atoms with Gasteiger partial charge in [0.1, 0.15) is 11.8 Å². The maximum absolute atomic E-state index is 11.9. The molecule has 0 aliphatic carbocycles. The summed E-state index contributed by atoms with van der Waals surface area (Å²) in [6.07, 6.45) is 2.29. The molecule has 5 nitrogen and oxygen atoms in total. The zero-order valence-electron chi connectivity index (χ0n) is 13.2. The van der Waals surface area contributed by atoms with Crippen LogP contribution in [0.3, 0.4) is 0 Å². The molecule has 1 rings (SSSR count). The molecule has 0 unspecified atom stereocenters. The standard InChI is InChI=1S/C16H23NO4S/c1-11(2)12-6-4-5-7-14(12)21-10-15(18)17-13(16(19)20)8-9-22-3/h4-7,11,13H,8-10H2,1-3H3,(H,17,18)(H,19,20)/t13-/m1/s1. The molecule has 122 valence electrons. The summed E-state index contributed by atoms with van der Waals surface area (Å²) in [5.74, 6) is 0.169. The fraction of sp³-hybridized carbons (Fsp3) is 0.500. The highest BCUT2D eigenvalue weighted by Gasteiger charge is 2.19. The lowest BCUT2D eigenvalue weighted by Gasteiger charge is -2.16. The van der Waals surface area contributed by atoms with Crippen molar-refractivity contribution < 1.29 is 19.4 Å². The Morgan fingerprint density at radius 3 is 2.59 bits per heavy atom. The van der Waals surface area contributed by atoms with Crippen LogP contribution in [0.5, 0.6) is 5.75 Å². The number of thioether (sulfide) groups is 1. The third-order valence-corrected chi connectivity index (χ3v) is 3.79. The molecule has 1 atom stereocenters. The lowest BCUT2D eigenvalue weighted by Crippen LogP contribution is -2.43. The number of carbonyl (C=O) groups is 2. The number of rotatable bonds is 9. The second kappa shape index (κ2) is 9.35. The van der Waals surface area contributed by atoms with Gasteiger partial charge in [-0.15, -0.1) is 0 Å². The van der Waals surface area contributed by atoms with Crippen molar-refractivity contribution in [3.63, 3.8) is 0 Å². The first-order valence-corrected chi connectivity index (χ1v) is 8.58. The van der Waals surface area contributed by atoms with Crippen molar-refractivity contribution in [3.05, 3.63) is 29.8 Å². The Morgan fingerprint density at radius 1 is 1.32 bits per heavy atom. The second-order valence-corrected chi connectivity index (χ2v) is 6.21. The number of carbonyl (C=O) groups excluding carboxylic acids is 1. The van der Waals surface area contributed by atoms with Crippen molar-refractivity contribution in [1.29, 1.82) is 0 Å². The van der Waals surface area contributed by atoms with Gasteiger partial charge in [0.15, 0.2) is 6.61 Å². The van der Waals surface area contributed by atoms with Gasteiger partial charge < -0.3 is 15.2 Å². The van der Waals surface area contributed by atoms with E-state index in [2.05, 4.69) is 5.32 Å². The molecule has 1 aromatic carbocycles. The van der Waals surface area contributed by atoms with Gasteiger partial charge in [-0.3, -0.25) is 4.79 Å². The van der Waals surface area contributed by atoms with Gasteiger partial charge in [0.25, 0.3) is 5.91 Å². The first-order chi connectivity index (χ1) is 10.5. The molecule has 1 amide bonds. The van der Waals surface area contributed by atoms with E-state index in [-0.39, 0.29) is 12.5 Å². The average Bonchev–Trinajstić information content (AvgIpc) is 2.49. The van der Waals surface area contributed by atoms with Crippen molar-refractivity contribution >= 4 is 23.6 Å². The summed E-state index contributed by atoms with van der Waals surface area (Å²) in [5, 5.41) is 11.6. The molecule has 0 bridgehead atoms. The number of ether oxygens (including phenoxy) is 1. The molecule has 6 heteroatoms. The molecular weight excluding hydrogens is 302 g/mol. The minimum Gasteiger partial charge on any atom is -0.483 e. The molecule has 1 aromatic rings. The van der Waals surface area contributed by atoms with E-state index in [1.807, 2.05) is 44.4 Å². The highest BCUT2D eigenvalue weighted by molar-refractivity contribution is 7.98. The Kier molecular flexibility index (Phi) is 7.80. The fourth-order valence-corrected chi connectivity index (χ4v) is 2.43. The molecule has 0 fully saturated rings. The zero-order chi connectivity index (χ0) is 16.5. The van der Waals surface area contributed by atoms with Crippen LogP contribution >= 0.6 is 11.8 Å². The number of carboxylic acid groups (broad SMARTS) is 1. The summed E-state index contributed by atoms with van der Waals surface area (Å²) in [6, 6.07) is 6.66. The van der Waals surface area contributed by atoms with Gasteiger partial charge >= 0.3 is 5.97 Å². The molecule has 0 aliphatic heterocycles. The summed E-state index contributed by atoms with van der Waals surface area (Å²) in [7, 11) is 0. The van der Waals surface area contributed by atoms with E-state index in [1.54, 1.807) is 11.8 Å². The average molecular weight is 325 g/mol. The summed E-state index contributed by atoms with van der Waals surface area (Å²) in [6.45, 7) is 3.91. The van der Waals surface area contributed by atoms with E-state index >= 15 is 0 Å². The summed E-state index contributed by atoms with van der Waals surface area (Å²) >= 11 is 1.54. The van der Waals surface area contributed by atoms with Crippen LogP contribution in [0.25, 0.3) is 0 Å². The first kappa shape index (κ1) is 18.4. The van der Waals surface area contributed by atoms with E-state index in [1.165, 1.54) is 0 Å². The highest BCUT2D eigenvalue weighted by Crippen LogP contribution is 2.25. The van der Waals surface area contributed by atoms with Crippen molar-refractivity contribution in [1.82, 2.24) is 5.32 Å². The molecule has 0 aromatic heterocycles. The number of amides is 1. The maximum atomic E-state index is 11.9. The van der Waals surface area contributed by atoms with Gasteiger partial charge in [0.2, 0.25) is 0 Å². The smallest absolute Gasteiger partial charge is 0.326 e. The largest absolute Gasteiger partial charge is 0.483 e. The van der Waals surface area contributed by atoms with Gasteiger partial charge in [-0.2, -0.15) is 11.8 Å². The van der Waals surface area contributed by atoms with Crippen LogP contribution in [0, 0.1) is 0 Å². The van der Waals surface area contributed by atoms with Gasteiger partial charge in [-0.25, -0.2) is 4.79 Å². The topological polar surface area (TPSA) is 75.6 Å². The Hall–Kier alpha value is -1.69. The van der Waals surface area contributed by atoms with Crippen LogP contribution in [0.2, 0.25) is 0 Å². The van der Waals surface area contributed by atoms with Crippen LogP contribution in [-0.4, -0.2) is 41.6 Å². The molecular formula is C16H23NO4S. The minimum absolute atomic E-state index is 0.188. The monoisotopic (exact) mass is 325 g/mol. The first-order valence-electron chi connectivity index (χ1n) is 7.18. The number of aliphatic carboxylic acids is 1. The molecule has 22 heavy (non-hydrogen) atoms. The lowest BCUT2D eigenvalue weighted by atomic mass is 10.0. The number of carboxylic acids is 1. The van der Waals surface area contributed by atoms with E-state index in [0.717, 1.165) is 5.56 Å². The Labute approximate surface area is 135 Å². The van der Waals surface area contributed by atoms with Crippen LogP contribution in [-0.2, 0) is 9.59 Å². The molecule has 0 saturated carbocycles. The summed E-state index contributed by atoms with van der Waals surface area (Å²) in [4.78, 5) is 23.0. The van der Waals surface area contributed by atoms with Crippen LogP contribution in [0.15, 0.2) is 24.3 Å². The van der Waals surface area contributed by atoms with Gasteiger partial charge in [-0.05, 0) is 36.0 Å². The summed E-state index contributed by atoms with van der Waals surface area (Å²) in [5.41, 5.74) is 1.02. The third kappa shape index (κ3) is 5.97. The van der Waals surface area contributed by atoms with Crippen molar-refractivity contribution in [2.24, 2.45) is 0 Å². The number of benzene rings is 1. The van der Waals surface area contributed by atoms with Crippen LogP contribution < -0.4 is 10.1 Å². The van der Waals surface area contributed by atoms with Crippen LogP contribution in [0.1, 0.15) is 31.7 Å². The Balaban J connectivity index is 2.57. The van der Waals surface area contributed by atoms with Crippen molar-refractivity contribution in [3.8, 4) is 5.75 Å². The van der Waals surface area contributed by atoms with Gasteiger partial charge in [-0.1, -0.05) is 32.0 Å². The normalized spacial score (nSPS) is 12.0. The summed E-state index contributed by atoms with van der Waals surface area (Å²) < 4.78 is 5.54. The highest BCUT2D eigenvalue weighted by atomic mass is 32.2. The predicted molar refractivity (Wildman–Crippen MR) is 88.6 cm³/mol. The number of para-hydroxylation sites is 1. The maximum Gasteiger partial charge on any atom is 0.326 e. The third-order valence-electron chi connectivity index (χ3n) is 3.14. The van der Waals surface area contributed by atoms with E-state index < -0.39 is 17.9 Å². The van der Waals surface area contributed by atoms with Crippen molar-refractivity contribution in [2.45, 2.75) is 32.2 Å². The minimum atomic E-state index is -1.02. The molecule has 0 radical (unpaired) electrons. The quantitative estimate of drug-likeness (QED) is 0.729. The van der Waals surface area contributed by atoms with Crippen molar-refractivity contribution in [2.75, 3.05) is 18.6 Å². The van der Waals surface area contributed by atoms with Gasteiger partial charge in [0.05, 0.1) is 0 Å². The SMILES string of the molecule is CSCC[C@@H](NC(=O)COc1ccccc1C(C)C)C(=O)O. The number of nitrogens with one attached hydrogen (secondary N) is 1. The van der Waals surface area contributed by atoms with E-state index in [4.69, 9.17) is 9.84 Å². The molecule has 0 saturated heterocycles. The number of hydrogen-bond acceptors (Lipinski definition) is 4. The molecule has 2 N–H and O–H groups in total. The molecule has 0 spiro atoms. The molecule has 0 heterocycles. The Morgan fingerprint density at radius 2 is 2.00 bits per heavy atom. The molecule has 0 aliphatic rings. The van der Waals surface area contributed by atoms with E-state index in [9.17, 15) is 9.59 Å². The predicted octanol–water partition coefficient (Wildman–Crippen LogP) is 2.51. The fourth-order valence-electron chi connectivity index (χ4n) is 1.96. The Bertz CT molecular complexity index is 505.